The molecule has 0 aromatic heterocycles. The molecule has 0 amide bonds. The summed E-state index contributed by atoms with van der Waals surface area (Å²) >= 11 is 0. The van der Waals surface area contributed by atoms with Crippen molar-refractivity contribution in [3.05, 3.63) is 12.2 Å². The standard InChI is InChI=1S/C16H33N/c1-4-7-8-9-10-11-12-13-16-17(14-5-2)15-6-3/h4,7H,5-6,8-16H2,1-3H3. The van der Waals surface area contributed by atoms with Crippen molar-refractivity contribution in [3.8, 4) is 0 Å². The van der Waals surface area contributed by atoms with Crippen LogP contribution in [0, 0.1) is 0 Å². The Labute approximate surface area is 109 Å². The van der Waals surface area contributed by atoms with E-state index in [1.807, 2.05) is 0 Å². The highest BCUT2D eigenvalue weighted by Gasteiger charge is 2.01. The molecule has 0 aliphatic heterocycles. The van der Waals surface area contributed by atoms with Gasteiger partial charge in [-0.25, -0.2) is 0 Å². The van der Waals surface area contributed by atoms with E-state index in [0.29, 0.717) is 0 Å². The number of rotatable bonds is 12. The first-order valence-corrected chi connectivity index (χ1v) is 7.68. The predicted molar refractivity (Wildman–Crippen MR) is 79.5 cm³/mol. The van der Waals surface area contributed by atoms with Crippen LogP contribution in [0.1, 0.15) is 72.1 Å². The van der Waals surface area contributed by atoms with E-state index >= 15 is 0 Å². The molecule has 0 heterocycles. The molecular formula is C16H33N. The highest BCUT2D eigenvalue weighted by molar-refractivity contribution is 4.76. The van der Waals surface area contributed by atoms with Crippen LogP contribution in [0.25, 0.3) is 0 Å². The first kappa shape index (κ1) is 16.7. The Balaban J connectivity index is 3.29. The van der Waals surface area contributed by atoms with Gasteiger partial charge >= 0.3 is 0 Å². The van der Waals surface area contributed by atoms with E-state index in [-0.39, 0.29) is 0 Å². The minimum atomic E-state index is 1.27. The molecule has 0 saturated carbocycles. The van der Waals surface area contributed by atoms with Crippen molar-refractivity contribution in [2.24, 2.45) is 0 Å². The Kier molecular flexibility index (Phi) is 13.5. The Morgan fingerprint density at radius 2 is 1.35 bits per heavy atom. The number of nitrogens with zero attached hydrogens (tertiary/aromatic N) is 1. The molecular weight excluding hydrogens is 206 g/mol. The van der Waals surface area contributed by atoms with Crippen molar-refractivity contribution < 1.29 is 0 Å². The van der Waals surface area contributed by atoms with Crippen molar-refractivity contribution in [3.63, 3.8) is 0 Å². The summed E-state index contributed by atoms with van der Waals surface area (Å²) in [6, 6.07) is 0. The maximum atomic E-state index is 2.62. The van der Waals surface area contributed by atoms with Crippen molar-refractivity contribution in [1.82, 2.24) is 4.90 Å². The lowest BCUT2D eigenvalue weighted by atomic mass is 10.1. The summed E-state index contributed by atoms with van der Waals surface area (Å²) in [5.41, 5.74) is 0. The van der Waals surface area contributed by atoms with E-state index in [0.717, 1.165) is 0 Å². The van der Waals surface area contributed by atoms with Gasteiger partial charge in [0.1, 0.15) is 0 Å². The third kappa shape index (κ3) is 12.0. The Morgan fingerprint density at radius 1 is 0.765 bits per heavy atom. The van der Waals surface area contributed by atoms with Crippen LogP contribution in [-0.2, 0) is 0 Å². The van der Waals surface area contributed by atoms with Gasteiger partial charge < -0.3 is 4.90 Å². The second kappa shape index (κ2) is 13.8. The molecule has 1 heteroatoms. The first-order chi connectivity index (χ1) is 8.35. The zero-order chi connectivity index (χ0) is 12.8. The van der Waals surface area contributed by atoms with E-state index in [1.54, 1.807) is 0 Å². The van der Waals surface area contributed by atoms with Crippen LogP contribution in [0.5, 0.6) is 0 Å². The average Bonchev–Trinajstić information content (AvgIpc) is 2.33. The first-order valence-electron chi connectivity index (χ1n) is 7.68. The van der Waals surface area contributed by atoms with Gasteiger partial charge in [0.25, 0.3) is 0 Å². The van der Waals surface area contributed by atoms with Crippen LogP contribution in [-0.4, -0.2) is 24.5 Å². The molecule has 0 bridgehead atoms. The summed E-state index contributed by atoms with van der Waals surface area (Å²) in [5, 5.41) is 0. The number of hydrogen-bond donors (Lipinski definition) is 0. The molecule has 1 nitrogen and oxygen atoms in total. The largest absolute Gasteiger partial charge is 0.303 e. The van der Waals surface area contributed by atoms with Crippen molar-refractivity contribution >= 4 is 0 Å². The zero-order valence-corrected chi connectivity index (χ0v) is 12.4. The minimum Gasteiger partial charge on any atom is -0.303 e. The minimum absolute atomic E-state index is 1.27. The van der Waals surface area contributed by atoms with Gasteiger partial charge in [-0.2, -0.15) is 0 Å². The van der Waals surface area contributed by atoms with Crippen LogP contribution in [0.3, 0.4) is 0 Å². The van der Waals surface area contributed by atoms with Crippen LogP contribution in [0.4, 0.5) is 0 Å². The lowest BCUT2D eigenvalue weighted by molar-refractivity contribution is 0.268. The van der Waals surface area contributed by atoms with Crippen LogP contribution in [0.15, 0.2) is 12.2 Å². The average molecular weight is 239 g/mol. The molecule has 0 spiro atoms. The predicted octanol–water partition coefficient (Wildman–Crippen LogP) is 5.03. The van der Waals surface area contributed by atoms with Gasteiger partial charge in [-0.3, -0.25) is 0 Å². The van der Waals surface area contributed by atoms with Crippen LogP contribution in [0.2, 0.25) is 0 Å². The maximum absolute atomic E-state index is 2.62. The molecule has 0 aliphatic rings. The molecule has 0 unspecified atom stereocenters. The fourth-order valence-electron chi connectivity index (χ4n) is 2.26. The highest BCUT2D eigenvalue weighted by atomic mass is 15.1. The highest BCUT2D eigenvalue weighted by Crippen LogP contribution is 2.07. The molecule has 0 N–H and O–H groups in total. The van der Waals surface area contributed by atoms with Crippen LogP contribution < -0.4 is 0 Å². The van der Waals surface area contributed by atoms with Crippen molar-refractivity contribution in [2.75, 3.05) is 19.6 Å². The van der Waals surface area contributed by atoms with Gasteiger partial charge in [0.2, 0.25) is 0 Å². The molecule has 0 rings (SSSR count). The molecule has 0 atom stereocenters. The Morgan fingerprint density at radius 3 is 1.94 bits per heavy atom. The quantitative estimate of drug-likeness (QED) is 0.341. The lowest BCUT2D eigenvalue weighted by Gasteiger charge is -2.20. The van der Waals surface area contributed by atoms with Gasteiger partial charge in [-0.1, -0.05) is 45.3 Å². The van der Waals surface area contributed by atoms with E-state index in [1.165, 1.54) is 71.0 Å². The van der Waals surface area contributed by atoms with E-state index in [2.05, 4.69) is 37.8 Å². The van der Waals surface area contributed by atoms with Gasteiger partial charge in [0.05, 0.1) is 0 Å². The molecule has 0 aromatic rings. The molecule has 102 valence electrons. The van der Waals surface area contributed by atoms with Gasteiger partial charge in [0.15, 0.2) is 0 Å². The Hall–Kier alpha value is -0.300. The summed E-state index contributed by atoms with van der Waals surface area (Å²) in [7, 11) is 0. The van der Waals surface area contributed by atoms with E-state index in [9.17, 15) is 0 Å². The molecule has 0 radical (unpaired) electrons. The topological polar surface area (TPSA) is 3.24 Å². The Bertz CT molecular complexity index is 157. The SMILES string of the molecule is CC=CCCCCCCCN(CCC)CCC. The van der Waals surface area contributed by atoms with Crippen LogP contribution >= 0.6 is 0 Å². The number of unbranched alkanes of at least 4 members (excludes halogenated alkanes) is 5. The van der Waals surface area contributed by atoms with E-state index < -0.39 is 0 Å². The summed E-state index contributed by atoms with van der Waals surface area (Å²) in [4.78, 5) is 2.62. The molecule has 0 fully saturated rings. The zero-order valence-electron chi connectivity index (χ0n) is 12.4. The second-order valence-electron chi connectivity index (χ2n) is 4.97. The van der Waals surface area contributed by atoms with Gasteiger partial charge in [0, 0.05) is 0 Å². The second-order valence-corrected chi connectivity index (χ2v) is 4.97. The molecule has 0 aliphatic carbocycles. The maximum Gasteiger partial charge on any atom is -0.00187 e. The number of allylic oxidation sites excluding steroid dienone is 2. The lowest BCUT2D eigenvalue weighted by Crippen LogP contribution is -2.26. The summed E-state index contributed by atoms with van der Waals surface area (Å²) in [5.74, 6) is 0. The van der Waals surface area contributed by atoms with Crippen molar-refractivity contribution in [2.45, 2.75) is 72.1 Å². The third-order valence-corrected chi connectivity index (χ3v) is 3.16. The van der Waals surface area contributed by atoms with E-state index in [4.69, 9.17) is 0 Å². The summed E-state index contributed by atoms with van der Waals surface area (Å²) < 4.78 is 0. The fourth-order valence-corrected chi connectivity index (χ4v) is 2.26. The fraction of sp³-hybridized carbons (Fsp3) is 0.875. The normalized spacial score (nSPS) is 11.8. The number of hydrogen-bond acceptors (Lipinski definition) is 1. The molecule has 0 saturated heterocycles. The molecule has 17 heavy (non-hydrogen) atoms. The smallest absolute Gasteiger partial charge is 0.00187 e. The third-order valence-electron chi connectivity index (χ3n) is 3.16. The van der Waals surface area contributed by atoms with Gasteiger partial charge in [-0.15, -0.1) is 0 Å². The monoisotopic (exact) mass is 239 g/mol. The van der Waals surface area contributed by atoms with Crippen molar-refractivity contribution in [1.29, 1.82) is 0 Å². The van der Waals surface area contributed by atoms with Gasteiger partial charge in [-0.05, 0) is 58.7 Å². The molecule has 0 aromatic carbocycles. The summed E-state index contributed by atoms with van der Waals surface area (Å²) in [6.45, 7) is 10.6. The summed E-state index contributed by atoms with van der Waals surface area (Å²) in [6.07, 6.45) is 15.3.